The van der Waals surface area contributed by atoms with Crippen molar-refractivity contribution in [2.75, 3.05) is 13.7 Å². The molecule has 0 amide bonds. The number of aryl methyl sites for hydroxylation is 1. The number of hydrogen-bond acceptors (Lipinski definition) is 4. The van der Waals surface area contributed by atoms with Crippen LogP contribution in [0, 0.1) is 12.8 Å². The third kappa shape index (κ3) is 5.40. The highest BCUT2D eigenvalue weighted by molar-refractivity contribution is 6.19. The Morgan fingerprint density at radius 2 is 1.91 bits per heavy atom. The fourth-order valence-electron chi connectivity index (χ4n) is 2.02. The number of carbonyl (C=O) groups excluding carboxylic acids is 2. The predicted octanol–water partition coefficient (Wildman–Crippen LogP) is 3.94. The maximum atomic E-state index is 12.2. The Balaban J connectivity index is 3.41. The van der Waals surface area contributed by atoms with Gasteiger partial charge in [0.05, 0.1) is 24.9 Å². The van der Waals surface area contributed by atoms with E-state index in [1.54, 1.807) is 31.2 Å². The van der Waals surface area contributed by atoms with Gasteiger partial charge in [0.15, 0.2) is 0 Å². The van der Waals surface area contributed by atoms with E-state index in [-0.39, 0.29) is 6.61 Å². The van der Waals surface area contributed by atoms with Crippen LogP contribution in [0.25, 0.3) is 5.57 Å². The SMILES string of the molecule is CCOC(=O)c1cc(C)ccc1/C(=C\C=C\C(C)C)C(=O)OC. The monoisotopic (exact) mass is 316 g/mol. The molecule has 0 heterocycles. The van der Waals surface area contributed by atoms with E-state index < -0.39 is 11.9 Å². The summed E-state index contributed by atoms with van der Waals surface area (Å²) >= 11 is 0. The Labute approximate surface area is 137 Å². The second-order valence-electron chi connectivity index (χ2n) is 5.47. The first kappa shape index (κ1) is 18.7. The molecule has 0 spiro atoms. The van der Waals surface area contributed by atoms with Gasteiger partial charge in [0.25, 0.3) is 0 Å². The molecule has 4 heteroatoms. The summed E-state index contributed by atoms with van der Waals surface area (Å²) in [6.45, 7) is 7.98. The van der Waals surface area contributed by atoms with Crippen LogP contribution >= 0.6 is 0 Å². The molecule has 23 heavy (non-hydrogen) atoms. The quantitative estimate of drug-likeness (QED) is 0.453. The minimum Gasteiger partial charge on any atom is -0.465 e. The van der Waals surface area contributed by atoms with Crippen LogP contribution in [0.1, 0.15) is 42.3 Å². The zero-order valence-corrected chi connectivity index (χ0v) is 14.4. The molecule has 0 bridgehead atoms. The summed E-state index contributed by atoms with van der Waals surface area (Å²) in [7, 11) is 1.32. The largest absolute Gasteiger partial charge is 0.465 e. The lowest BCUT2D eigenvalue weighted by Crippen LogP contribution is -2.12. The smallest absolute Gasteiger partial charge is 0.338 e. The lowest BCUT2D eigenvalue weighted by Gasteiger charge is -2.12. The van der Waals surface area contributed by atoms with E-state index in [9.17, 15) is 9.59 Å². The van der Waals surface area contributed by atoms with Gasteiger partial charge < -0.3 is 9.47 Å². The first-order chi connectivity index (χ1) is 10.9. The molecule has 0 aliphatic carbocycles. The van der Waals surface area contributed by atoms with E-state index in [1.165, 1.54) is 7.11 Å². The molecule has 0 unspecified atom stereocenters. The van der Waals surface area contributed by atoms with Crippen molar-refractivity contribution in [3.05, 3.63) is 53.1 Å². The maximum absolute atomic E-state index is 12.2. The first-order valence-corrected chi connectivity index (χ1v) is 7.65. The minimum atomic E-state index is -0.493. The van der Waals surface area contributed by atoms with Gasteiger partial charge in [-0.1, -0.05) is 43.7 Å². The molecule has 4 nitrogen and oxygen atoms in total. The van der Waals surface area contributed by atoms with Gasteiger partial charge >= 0.3 is 11.9 Å². The van der Waals surface area contributed by atoms with E-state index >= 15 is 0 Å². The van der Waals surface area contributed by atoms with Gasteiger partial charge in [-0.3, -0.25) is 0 Å². The maximum Gasteiger partial charge on any atom is 0.338 e. The van der Waals surface area contributed by atoms with E-state index in [0.717, 1.165) is 5.56 Å². The van der Waals surface area contributed by atoms with Crippen LogP contribution in [0.15, 0.2) is 36.4 Å². The van der Waals surface area contributed by atoms with E-state index in [0.29, 0.717) is 22.6 Å². The Morgan fingerprint density at radius 3 is 2.48 bits per heavy atom. The highest BCUT2D eigenvalue weighted by Crippen LogP contribution is 2.23. The number of methoxy groups -OCH3 is 1. The highest BCUT2D eigenvalue weighted by Gasteiger charge is 2.20. The van der Waals surface area contributed by atoms with Crippen molar-refractivity contribution in [3.63, 3.8) is 0 Å². The second-order valence-corrected chi connectivity index (χ2v) is 5.47. The summed E-state index contributed by atoms with van der Waals surface area (Å²) in [5.74, 6) is -0.589. The molecule has 0 fully saturated rings. The first-order valence-electron chi connectivity index (χ1n) is 7.65. The zero-order valence-electron chi connectivity index (χ0n) is 14.4. The lowest BCUT2D eigenvalue weighted by molar-refractivity contribution is -0.133. The number of rotatable bonds is 6. The Morgan fingerprint density at radius 1 is 1.22 bits per heavy atom. The number of esters is 2. The number of ether oxygens (including phenoxy) is 2. The Hall–Kier alpha value is -2.36. The molecule has 124 valence electrons. The molecule has 1 rings (SSSR count). The summed E-state index contributed by atoms with van der Waals surface area (Å²) in [5, 5.41) is 0. The van der Waals surface area contributed by atoms with Gasteiger partial charge in [0.2, 0.25) is 0 Å². The van der Waals surface area contributed by atoms with Crippen molar-refractivity contribution in [1.29, 1.82) is 0 Å². The third-order valence-corrected chi connectivity index (χ3v) is 3.12. The Bertz CT molecular complexity index is 624. The second kappa shape index (κ2) is 8.93. The summed E-state index contributed by atoms with van der Waals surface area (Å²) < 4.78 is 9.95. The molecule has 0 N–H and O–H groups in total. The average Bonchev–Trinajstić information content (AvgIpc) is 2.51. The molecule has 0 radical (unpaired) electrons. The van der Waals surface area contributed by atoms with E-state index in [1.807, 2.05) is 32.9 Å². The standard InChI is InChI=1S/C19H24O4/c1-6-23-19(21)17-12-14(4)10-11-15(17)16(18(20)22-5)9-7-8-13(2)3/h7-13H,6H2,1-5H3/b8-7+,16-9+. The van der Waals surface area contributed by atoms with Gasteiger partial charge in [0, 0.05) is 5.56 Å². The van der Waals surface area contributed by atoms with Crippen LogP contribution in [0.3, 0.4) is 0 Å². The van der Waals surface area contributed by atoms with Crippen LogP contribution in [0.2, 0.25) is 0 Å². The van der Waals surface area contributed by atoms with Gasteiger partial charge in [-0.25, -0.2) is 9.59 Å². The Kier molecular flexibility index (Phi) is 7.26. The summed E-state index contributed by atoms with van der Waals surface area (Å²) in [5.41, 5.74) is 2.11. The van der Waals surface area contributed by atoms with Crippen LogP contribution in [-0.4, -0.2) is 25.7 Å². The molecule has 0 aliphatic rings. The van der Waals surface area contributed by atoms with Crippen molar-refractivity contribution < 1.29 is 19.1 Å². The number of benzene rings is 1. The third-order valence-electron chi connectivity index (χ3n) is 3.12. The fraction of sp³-hybridized carbons (Fsp3) is 0.368. The zero-order chi connectivity index (χ0) is 17.4. The fourth-order valence-corrected chi connectivity index (χ4v) is 2.02. The van der Waals surface area contributed by atoms with Crippen LogP contribution in [-0.2, 0) is 14.3 Å². The molecular weight excluding hydrogens is 292 g/mol. The number of allylic oxidation sites excluding steroid dienone is 3. The molecule has 1 aromatic carbocycles. The predicted molar refractivity (Wildman–Crippen MR) is 91.1 cm³/mol. The molecule has 1 aromatic rings. The normalized spacial score (nSPS) is 11.8. The van der Waals surface area contributed by atoms with Crippen molar-refractivity contribution in [2.45, 2.75) is 27.7 Å². The summed E-state index contributed by atoms with van der Waals surface area (Å²) in [4.78, 5) is 24.3. The number of carbonyl (C=O) groups is 2. The van der Waals surface area contributed by atoms with Gasteiger partial charge in [-0.05, 0) is 31.9 Å². The van der Waals surface area contributed by atoms with Crippen LogP contribution in [0.4, 0.5) is 0 Å². The lowest BCUT2D eigenvalue weighted by atomic mass is 9.97. The average molecular weight is 316 g/mol. The van der Waals surface area contributed by atoms with E-state index in [4.69, 9.17) is 9.47 Å². The molecule has 0 atom stereocenters. The van der Waals surface area contributed by atoms with Gasteiger partial charge in [-0.15, -0.1) is 0 Å². The van der Waals surface area contributed by atoms with Crippen molar-refractivity contribution >= 4 is 17.5 Å². The highest BCUT2D eigenvalue weighted by atomic mass is 16.5. The minimum absolute atomic E-state index is 0.275. The van der Waals surface area contributed by atoms with Gasteiger partial charge in [0.1, 0.15) is 0 Å². The van der Waals surface area contributed by atoms with Crippen molar-refractivity contribution in [2.24, 2.45) is 5.92 Å². The van der Waals surface area contributed by atoms with Crippen molar-refractivity contribution in [1.82, 2.24) is 0 Å². The van der Waals surface area contributed by atoms with Crippen molar-refractivity contribution in [3.8, 4) is 0 Å². The molecule has 0 saturated heterocycles. The van der Waals surface area contributed by atoms with E-state index in [2.05, 4.69) is 0 Å². The molecule has 0 saturated carbocycles. The van der Waals surface area contributed by atoms with Crippen LogP contribution in [0.5, 0.6) is 0 Å². The molecular formula is C19H24O4. The number of hydrogen-bond donors (Lipinski definition) is 0. The summed E-state index contributed by atoms with van der Waals surface area (Å²) in [6.07, 6.45) is 5.42. The molecule has 0 aromatic heterocycles. The topological polar surface area (TPSA) is 52.6 Å². The summed E-state index contributed by atoms with van der Waals surface area (Å²) in [6, 6.07) is 5.31. The molecule has 0 aliphatic heterocycles. The van der Waals surface area contributed by atoms with Gasteiger partial charge in [-0.2, -0.15) is 0 Å². The van der Waals surface area contributed by atoms with Crippen LogP contribution < -0.4 is 0 Å².